The lowest BCUT2D eigenvalue weighted by Gasteiger charge is -2.01. The summed E-state index contributed by atoms with van der Waals surface area (Å²) in [4.78, 5) is 19.3. The Morgan fingerprint density at radius 3 is 3.08 bits per heavy atom. The number of nitrogens with one attached hydrogen (secondary N) is 1. The molecule has 0 aliphatic rings. The van der Waals surface area contributed by atoms with Gasteiger partial charge < -0.3 is 0 Å². The van der Waals surface area contributed by atoms with E-state index in [9.17, 15) is 4.79 Å². The van der Waals surface area contributed by atoms with E-state index in [-0.39, 0.29) is 0 Å². The number of amides is 1. The van der Waals surface area contributed by atoms with E-state index in [2.05, 4.69) is 15.3 Å². The topological polar surface area (TPSA) is 51.2 Å². The first-order chi connectivity index (χ1) is 5.75. The lowest BCUT2D eigenvalue weighted by Crippen LogP contribution is -2.22. The molecule has 0 atom stereocenters. The molecule has 1 aromatic rings. The van der Waals surface area contributed by atoms with Crippen LogP contribution in [0.5, 0.6) is 0 Å². The Bertz CT molecular complexity index is 290. The third kappa shape index (κ3) is 1.93. The molecule has 1 amide bonds. The van der Waals surface area contributed by atoms with Crippen LogP contribution < -0.4 is 5.48 Å². The highest BCUT2D eigenvalue weighted by molar-refractivity contribution is 6.33. The van der Waals surface area contributed by atoms with E-state index in [0.29, 0.717) is 10.6 Å². The highest BCUT2D eigenvalue weighted by Gasteiger charge is 2.08. The normalized spacial score (nSPS) is 9.50. The van der Waals surface area contributed by atoms with Gasteiger partial charge in [0.1, 0.15) is 0 Å². The van der Waals surface area contributed by atoms with Crippen molar-refractivity contribution in [3.05, 3.63) is 29.0 Å². The van der Waals surface area contributed by atoms with Crippen LogP contribution in [0.15, 0.2) is 18.5 Å². The van der Waals surface area contributed by atoms with Crippen LogP contribution in [-0.4, -0.2) is 18.0 Å². The Balaban J connectivity index is 2.87. The third-order valence-electron chi connectivity index (χ3n) is 1.21. The van der Waals surface area contributed by atoms with Gasteiger partial charge in [-0.2, -0.15) is 0 Å². The van der Waals surface area contributed by atoms with Crippen molar-refractivity contribution in [1.29, 1.82) is 0 Å². The second-order valence-electron chi connectivity index (χ2n) is 1.99. The minimum atomic E-state index is -0.407. The molecule has 0 aromatic carbocycles. The quantitative estimate of drug-likeness (QED) is 0.702. The summed E-state index contributed by atoms with van der Waals surface area (Å²) in [7, 11) is 1.35. The molecule has 64 valence electrons. The molecule has 1 rings (SSSR count). The predicted molar refractivity (Wildman–Crippen MR) is 43.7 cm³/mol. The molecule has 0 saturated heterocycles. The molecule has 1 heterocycles. The molecule has 5 heteroatoms. The molecule has 0 saturated carbocycles. The maximum atomic E-state index is 11.1. The lowest BCUT2D eigenvalue weighted by atomic mass is 10.3. The summed E-state index contributed by atoms with van der Waals surface area (Å²) in [5.41, 5.74) is 2.43. The molecule has 1 N–H and O–H groups in total. The lowest BCUT2D eigenvalue weighted by molar-refractivity contribution is 0.0537. The maximum Gasteiger partial charge on any atom is 0.277 e. The van der Waals surface area contributed by atoms with Crippen LogP contribution >= 0.6 is 11.6 Å². The monoisotopic (exact) mass is 186 g/mol. The van der Waals surface area contributed by atoms with Crippen molar-refractivity contribution >= 4 is 17.5 Å². The van der Waals surface area contributed by atoms with Crippen molar-refractivity contribution in [1.82, 2.24) is 10.5 Å². The number of carbonyl (C=O) groups excluding carboxylic acids is 1. The number of aromatic nitrogens is 1. The van der Waals surface area contributed by atoms with E-state index < -0.39 is 5.91 Å². The number of hydrogen-bond acceptors (Lipinski definition) is 3. The largest absolute Gasteiger partial charge is 0.277 e. The van der Waals surface area contributed by atoms with Crippen molar-refractivity contribution in [3.8, 4) is 0 Å². The van der Waals surface area contributed by atoms with Crippen molar-refractivity contribution in [2.24, 2.45) is 0 Å². The summed E-state index contributed by atoms with van der Waals surface area (Å²) in [6, 6.07) is 1.53. The number of hydroxylamine groups is 1. The highest BCUT2D eigenvalue weighted by Crippen LogP contribution is 2.12. The first-order valence-corrected chi connectivity index (χ1v) is 3.56. The first kappa shape index (κ1) is 8.96. The molecule has 1 aromatic heterocycles. The van der Waals surface area contributed by atoms with Gasteiger partial charge in [-0.25, -0.2) is 5.48 Å². The van der Waals surface area contributed by atoms with Gasteiger partial charge in [0.2, 0.25) is 0 Å². The smallest absolute Gasteiger partial charge is 0.277 e. The molecular formula is C7H7ClN2O2. The molecule has 0 aliphatic heterocycles. The summed E-state index contributed by atoms with van der Waals surface area (Å²) in [6.45, 7) is 0. The van der Waals surface area contributed by atoms with Gasteiger partial charge in [-0.1, -0.05) is 11.6 Å². The van der Waals surface area contributed by atoms with Gasteiger partial charge in [0.25, 0.3) is 5.91 Å². The zero-order chi connectivity index (χ0) is 8.97. The van der Waals surface area contributed by atoms with Crippen molar-refractivity contribution in [2.75, 3.05) is 7.11 Å². The minimum absolute atomic E-state index is 0.293. The van der Waals surface area contributed by atoms with Crippen molar-refractivity contribution in [3.63, 3.8) is 0 Å². The summed E-state index contributed by atoms with van der Waals surface area (Å²) in [6.07, 6.45) is 2.88. The number of carbonyl (C=O) groups is 1. The van der Waals surface area contributed by atoms with Gasteiger partial charge in [-0.15, -0.1) is 0 Å². The van der Waals surface area contributed by atoms with Crippen LogP contribution in [0.1, 0.15) is 10.4 Å². The van der Waals surface area contributed by atoms with E-state index in [1.54, 1.807) is 0 Å². The average molecular weight is 187 g/mol. The molecule has 0 aliphatic carbocycles. The maximum absolute atomic E-state index is 11.1. The van der Waals surface area contributed by atoms with E-state index in [4.69, 9.17) is 11.6 Å². The highest BCUT2D eigenvalue weighted by atomic mass is 35.5. The van der Waals surface area contributed by atoms with Gasteiger partial charge in [0.05, 0.1) is 17.7 Å². The molecule has 0 radical (unpaired) electrons. The summed E-state index contributed by atoms with van der Waals surface area (Å²) in [5, 5.41) is 0.347. The van der Waals surface area contributed by atoms with Crippen molar-refractivity contribution in [2.45, 2.75) is 0 Å². The summed E-state index contributed by atoms with van der Waals surface area (Å²) < 4.78 is 0. The molecule has 12 heavy (non-hydrogen) atoms. The van der Waals surface area contributed by atoms with Crippen LogP contribution in [0.25, 0.3) is 0 Å². The second-order valence-corrected chi connectivity index (χ2v) is 2.40. The van der Waals surface area contributed by atoms with E-state index in [1.165, 1.54) is 25.6 Å². The predicted octanol–water partition coefficient (Wildman–Crippen LogP) is 1.03. The van der Waals surface area contributed by atoms with Crippen LogP contribution in [0.2, 0.25) is 5.02 Å². The van der Waals surface area contributed by atoms with Crippen LogP contribution in [-0.2, 0) is 4.84 Å². The van der Waals surface area contributed by atoms with Gasteiger partial charge in [0, 0.05) is 12.4 Å². The fourth-order valence-corrected chi connectivity index (χ4v) is 0.883. The molecule has 0 unspecified atom stereocenters. The molecule has 0 spiro atoms. The van der Waals surface area contributed by atoms with Gasteiger partial charge in [-0.3, -0.25) is 14.6 Å². The second kappa shape index (κ2) is 4.04. The Morgan fingerprint density at radius 2 is 2.50 bits per heavy atom. The Labute approximate surface area is 74.5 Å². The van der Waals surface area contributed by atoms with E-state index in [0.717, 1.165) is 0 Å². The standard InChI is InChI=1S/C7H7ClN2O2/c1-12-10-7(11)5-4-9-3-2-6(5)8/h2-4H,1H3,(H,10,11). The number of halogens is 1. The molecule has 0 bridgehead atoms. The Kier molecular flexibility index (Phi) is 3.01. The zero-order valence-electron chi connectivity index (χ0n) is 6.37. The number of pyridine rings is 1. The van der Waals surface area contributed by atoms with E-state index >= 15 is 0 Å². The molecule has 4 nitrogen and oxygen atoms in total. The molecule has 0 fully saturated rings. The minimum Gasteiger partial charge on any atom is -0.277 e. The van der Waals surface area contributed by atoms with E-state index in [1.807, 2.05) is 0 Å². The number of rotatable bonds is 2. The number of nitrogens with zero attached hydrogens (tertiary/aromatic N) is 1. The van der Waals surface area contributed by atoms with Crippen LogP contribution in [0.3, 0.4) is 0 Å². The first-order valence-electron chi connectivity index (χ1n) is 3.18. The van der Waals surface area contributed by atoms with Crippen LogP contribution in [0, 0.1) is 0 Å². The van der Waals surface area contributed by atoms with Gasteiger partial charge in [-0.05, 0) is 6.07 Å². The Morgan fingerprint density at radius 1 is 1.75 bits per heavy atom. The summed E-state index contributed by atoms with van der Waals surface area (Å²) in [5.74, 6) is -0.407. The van der Waals surface area contributed by atoms with Gasteiger partial charge >= 0.3 is 0 Å². The fraction of sp³-hybridized carbons (Fsp3) is 0.143. The van der Waals surface area contributed by atoms with Crippen molar-refractivity contribution < 1.29 is 9.63 Å². The van der Waals surface area contributed by atoms with Crippen LogP contribution in [0.4, 0.5) is 0 Å². The number of hydrogen-bond donors (Lipinski definition) is 1. The fourth-order valence-electron chi connectivity index (χ4n) is 0.692. The average Bonchev–Trinajstić information content (AvgIpc) is 2.05. The molecular weight excluding hydrogens is 180 g/mol. The third-order valence-corrected chi connectivity index (χ3v) is 1.54. The van der Waals surface area contributed by atoms with Gasteiger partial charge in [0.15, 0.2) is 0 Å². The summed E-state index contributed by atoms with van der Waals surface area (Å²) >= 11 is 5.70. The Hall–Kier alpha value is -1.13. The zero-order valence-corrected chi connectivity index (χ0v) is 7.13. The SMILES string of the molecule is CONC(=O)c1cnccc1Cl.